The molecule has 7 nitrogen and oxygen atoms in total. The molecule has 1 saturated heterocycles. The first kappa shape index (κ1) is 20.4. The summed E-state index contributed by atoms with van der Waals surface area (Å²) in [6.07, 6.45) is 0. The molecule has 0 saturated carbocycles. The van der Waals surface area contributed by atoms with Gasteiger partial charge in [-0.05, 0) is 12.1 Å². The monoisotopic (exact) mass is 415 g/mol. The molecule has 31 heavy (non-hydrogen) atoms. The van der Waals surface area contributed by atoms with Gasteiger partial charge in [0.2, 0.25) is 0 Å². The molecule has 156 valence electrons. The molecule has 0 bridgehead atoms. The summed E-state index contributed by atoms with van der Waals surface area (Å²) in [5.41, 5.74) is 2.66. The Morgan fingerprint density at radius 1 is 0.871 bits per heavy atom. The summed E-state index contributed by atoms with van der Waals surface area (Å²) < 4.78 is 5.33. The Labute approximate surface area is 179 Å². The van der Waals surface area contributed by atoms with Crippen molar-refractivity contribution < 1.29 is 14.5 Å². The van der Waals surface area contributed by atoms with Gasteiger partial charge in [0.15, 0.2) is 0 Å². The summed E-state index contributed by atoms with van der Waals surface area (Å²) in [4.78, 5) is 30.5. The quantitative estimate of drug-likeness (QED) is 0.356. The van der Waals surface area contributed by atoms with E-state index in [1.54, 1.807) is 12.1 Å². The van der Waals surface area contributed by atoms with Gasteiger partial charge in [0.1, 0.15) is 5.69 Å². The van der Waals surface area contributed by atoms with Crippen LogP contribution in [0.15, 0.2) is 83.9 Å². The van der Waals surface area contributed by atoms with E-state index in [9.17, 15) is 14.9 Å². The average molecular weight is 415 g/mol. The molecule has 0 unspecified atom stereocenters. The van der Waals surface area contributed by atoms with Crippen molar-refractivity contribution in [3.8, 4) is 0 Å². The zero-order valence-electron chi connectivity index (χ0n) is 16.8. The number of nitrogens with zero attached hydrogens (tertiary/aromatic N) is 3. The fraction of sp³-hybridized carbons (Fsp3) is 0.167. The molecule has 1 aliphatic rings. The van der Waals surface area contributed by atoms with Crippen LogP contribution in [-0.4, -0.2) is 42.8 Å². The summed E-state index contributed by atoms with van der Waals surface area (Å²) in [5.74, 6) is -0.528. The van der Waals surface area contributed by atoms with Gasteiger partial charge >= 0.3 is 0 Å². The van der Waals surface area contributed by atoms with E-state index in [-0.39, 0.29) is 11.3 Å². The Bertz CT molecular complexity index is 1070. The molecule has 0 N–H and O–H groups in total. The highest BCUT2D eigenvalue weighted by Crippen LogP contribution is 2.30. The zero-order valence-corrected chi connectivity index (χ0v) is 16.8. The van der Waals surface area contributed by atoms with Crippen molar-refractivity contribution in [2.45, 2.75) is 0 Å². The maximum atomic E-state index is 13.0. The highest BCUT2D eigenvalue weighted by molar-refractivity contribution is 6.18. The molecule has 1 aliphatic heterocycles. The lowest BCUT2D eigenvalue weighted by Crippen LogP contribution is -2.36. The third kappa shape index (κ3) is 4.67. The van der Waals surface area contributed by atoms with Crippen molar-refractivity contribution in [2.24, 2.45) is 4.99 Å². The van der Waals surface area contributed by atoms with Crippen LogP contribution in [0.25, 0.3) is 0 Å². The Balaban J connectivity index is 1.72. The minimum absolute atomic E-state index is 0.107. The molecule has 0 aromatic heterocycles. The molecule has 4 rings (SSSR count). The van der Waals surface area contributed by atoms with Crippen LogP contribution in [0.3, 0.4) is 0 Å². The first-order chi connectivity index (χ1) is 15.1. The molecule has 3 aromatic carbocycles. The van der Waals surface area contributed by atoms with Crippen LogP contribution in [-0.2, 0) is 4.74 Å². The molecule has 0 spiro atoms. The summed E-state index contributed by atoms with van der Waals surface area (Å²) in [5, 5.41) is 11.7. The molecule has 3 aromatic rings. The number of amides is 1. The average Bonchev–Trinajstić information content (AvgIpc) is 2.83. The van der Waals surface area contributed by atoms with E-state index in [2.05, 4.69) is 4.99 Å². The van der Waals surface area contributed by atoms with Gasteiger partial charge in [-0.25, -0.2) is 4.99 Å². The van der Waals surface area contributed by atoms with Crippen LogP contribution in [0.5, 0.6) is 0 Å². The minimum atomic E-state index is -0.528. The number of nitro benzene ring substituents is 1. The second kappa shape index (κ2) is 9.32. The van der Waals surface area contributed by atoms with Gasteiger partial charge in [0, 0.05) is 35.8 Å². The fourth-order valence-corrected chi connectivity index (χ4v) is 3.53. The van der Waals surface area contributed by atoms with Crippen molar-refractivity contribution in [2.75, 3.05) is 31.2 Å². The lowest BCUT2D eigenvalue weighted by Gasteiger charge is -2.28. The molecule has 0 radical (unpaired) electrons. The molecule has 0 aliphatic carbocycles. The van der Waals surface area contributed by atoms with E-state index in [0.717, 1.165) is 11.1 Å². The van der Waals surface area contributed by atoms with Crippen LogP contribution in [0, 0.1) is 10.1 Å². The summed E-state index contributed by atoms with van der Waals surface area (Å²) in [6, 6.07) is 23.3. The Kier molecular flexibility index (Phi) is 6.14. The molecule has 0 atom stereocenters. The highest BCUT2D eigenvalue weighted by atomic mass is 16.6. The lowest BCUT2D eigenvalue weighted by molar-refractivity contribution is -0.384. The van der Waals surface area contributed by atoms with Crippen molar-refractivity contribution in [1.29, 1.82) is 0 Å². The van der Waals surface area contributed by atoms with Crippen LogP contribution in [0.1, 0.15) is 21.5 Å². The number of hydrogen-bond donors (Lipinski definition) is 0. The minimum Gasteiger partial charge on any atom is -0.378 e. The fourth-order valence-electron chi connectivity index (χ4n) is 3.53. The molecule has 1 heterocycles. The highest BCUT2D eigenvalue weighted by Gasteiger charge is 2.23. The van der Waals surface area contributed by atoms with Gasteiger partial charge in [-0.3, -0.25) is 14.9 Å². The van der Waals surface area contributed by atoms with Gasteiger partial charge < -0.3 is 9.64 Å². The van der Waals surface area contributed by atoms with E-state index in [1.807, 2.05) is 65.6 Å². The smallest absolute Gasteiger partial charge is 0.293 e. The number of ether oxygens (including phenoxy) is 1. The third-order valence-electron chi connectivity index (χ3n) is 5.08. The standard InChI is InChI=1S/C24H21N3O4/c28-24(25-23(18-7-3-1-4-8-18)19-9-5-2-6-10-19)20-11-12-21(22(17-20)27(29)30)26-13-15-31-16-14-26/h1-12,17H,13-16H2. The zero-order chi connectivity index (χ0) is 21.6. The van der Waals surface area contributed by atoms with E-state index in [0.29, 0.717) is 37.7 Å². The van der Waals surface area contributed by atoms with E-state index >= 15 is 0 Å². The van der Waals surface area contributed by atoms with Crippen LogP contribution in [0.2, 0.25) is 0 Å². The molecule has 7 heteroatoms. The number of nitro groups is 1. The van der Waals surface area contributed by atoms with Crippen molar-refractivity contribution >= 4 is 23.0 Å². The van der Waals surface area contributed by atoms with Gasteiger partial charge in [0.25, 0.3) is 11.6 Å². The Morgan fingerprint density at radius 2 is 1.45 bits per heavy atom. The maximum Gasteiger partial charge on any atom is 0.293 e. The third-order valence-corrected chi connectivity index (χ3v) is 5.08. The number of aliphatic imine (C=N–C) groups is 1. The number of rotatable bonds is 5. The van der Waals surface area contributed by atoms with Crippen LogP contribution in [0.4, 0.5) is 11.4 Å². The lowest BCUT2D eigenvalue weighted by atomic mass is 10.0. The van der Waals surface area contributed by atoms with Gasteiger partial charge in [-0.15, -0.1) is 0 Å². The van der Waals surface area contributed by atoms with E-state index in [1.165, 1.54) is 6.07 Å². The second-order valence-electron chi connectivity index (χ2n) is 7.06. The van der Waals surface area contributed by atoms with E-state index in [4.69, 9.17) is 4.74 Å². The first-order valence-electron chi connectivity index (χ1n) is 9.98. The Hall–Kier alpha value is -3.84. The molecular weight excluding hydrogens is 394 g/mol. The normalized spacial score (nSPS) is 13.5. The van der Waals surface area contributed by atoms with Gasteiger partial charge in [-0.1, -0.05) is 60.7 Å². The van der Waals surface area contributed by atoms with Gasteiger partial charge in [0.05, 0.1) is 23.8 Å². The number of benzene rings is 3. The number of carbonyl (C=O) groups is 1. The number of carbonyl (C=O) groups excluding carboxylic acids is 1. The number of morpholine rings is 1. The summed E-state index contributed by atoms with van der Waals surface area (Å²) in [6.45, 7) is 2.16. The topological polar surface area (TPSA) is 85.0 Å². The Morgan fingerprint density at radius 3 is 2.00 bits per heavy atom. The van der Waals surface area contributed by atoms with Crippen molar-refractivity contribution in [3.63, 3.8) is 0 Å². The molecule has 1 amide bonds. The first-order valence-corrected chi connectivity index (χ1v) is 9.98. The number of hydrogen-bond acceptors (Lipinski definition) is 5. The predicted molar refractivity (Wildman–Crippen MR) is 119 cm³/mol. The SMILES string of the molecule is O=C(N=C(c1ccccc1)c1ccccc1)c1ccc(N2CCOCC2)c([N+](=O)[O-])c1. The summed E-state index contributed by atoms with van der Waals surface area (Å²) in [7, 11) is 0. The van der Waals surface area contributed by atoms with E-state index < -0.39 is 10.8 Å². The largest absolute Gasteiger partial charge is 0.378 e. The van der Waals surface area contributed by atoms with Crippen LogP contribution >= 0.6 is 0 Å². The van der Waals surface area contributed by atoms with Crippen LogP contribution < -0.4 is 4.90 Å². The second-order valence-corrected chi connectivity index (χ2v) is 7.06. The molecule has 1 fully saturated rings. The summed E-state index contributed by atoms with van der Waals surface area (Å²) >= 11 is 0. The van der Waals surface area contributed by atoms with Crippen molar-refractivity contribution in [3.05, 3.63) is 106 Å². The van der Waals surface area contributed by atoms with Gasteiger partial charge in [-0.2, -0.15) is 0 Å². The van der Waals surface area contributed by atoms with Crippen molar-refractivity contribution in [1.82, 2.24) is 0 Å². The predicted octanol–water partition coefficient (Wildman–Crippen LogP) is 4.11. The molecular formula is C24H21N3O4. The maximum absolute atomic E-state index is 13.0. The number of anilines is 1.